The van der Waals surface area contributed by atoms with Gasteiger partial charge in [-0.05, 0) is 51.8 Å². The highest BCUT2D eigenvalue weighted by Crippen LogP contribution is 2.26. The van der Waals surface area contributed by atoms with Crippen LogP contribution in [0.15, 0.2) is 24.5 Å². The predicted molar refractivity (Wildman–Crippen MR) is 94.1 cm³/mol. The Labute approximate surface area is 146 Å². The van der Waals surface area contributed by atoms with Crippen molar-refractivity contribution in [1.29, 1.82) is 0 Å². The highest BCUT2D eigenvalue weighted by atomic mass is 19.1. The molecule has 1 fully saturated rings. The maximum atomic E-state index is 13.6. The third-order valence-corrected chi connectivity index (χ3v) is 4.09. The molecule has 0 unspecified atom stereocenters. The number of amides is 1. The molecule has 0 radical (unpaired) electrons. The van der Waals surface area contributed by atoms with Crippen LogP contribution in [-0.2, 0) is 4.74 Å². The summed E-state index contributed by atoms with van der Waals surface area (Å²) in [5, 5.41) is 3.62. The summed E-state index contributed by atoms with van der Waals surface area (Å²) in [6.07, 6.45) is 2.67. The number of nitrogens with zero attached hydrogens (tertiary/aromatic N) is 3. The van der Waals surface area contributed by atoms with E-state index in [1.165, 1.54) is 18.5 Å². The normalized spacial score (nSPS) is 16.1. The number of rotatable bonds is 2. The van der Waals surface area contributed by atoms with Gasteiger partial charge in [0.05, 0.1) is 5.52 Å². The average molecular weight is 346 g/mol. The number of nitrogens with one attached hydrogen (secondary N) is 1. The van der Waals surface area contributed by atoms with E-state index in [0.29, 0.717) is 5.39 Å². The zero-order valence-corrected chi connectivity index (χ0v) is 14.8. The minimum atomic E-state index is -0.505. The first-order valence-corrected chi connectivity index (χ1v) is 8.46. The van der Waals surface area contributed by atoms with E-state index in [1.807, 2.05) is 20.8 Å². The van der Waals surface area contributed by atoms with Gasteiger partial charge in [0.15, 0.2) is 0 Å². The number of benzene rings is 1. The van der Waals surface area contributed by atoms with Crippen molar-refractivity contribution in [3.63, 3.8) is 0 Å². The van der Waals surface area contributed by atoms with Crippen LogP contribution in [0.4, 0.5) is 15.0 Å². The molecule has 0 bridgehead atoms. The molecule has 0 saturated carbocycles. The third-order valence-electron chi connectivity index (χ3n) is 4.09. The number of ether oxygens (including phenoxy) is 1. The van der Waals surface area contributed by atoms with Crippen LogP contribution in [0.1, 0.15) is 33.6 Å². The molecule has 0 spiro atoms. The van der Waals surface area contributed by atoms with Crippen molar-refractivity contribution in [2.24, 2.45) is 0 Å². The quantitative estimate of drug-likeness (QED) is 0.904. The number of carbonyl (C=O) groups is 1. The smallest absolute Gasteiger partial charge is 0.407 e. The molecule has 1 aliphatic heterocycles. The number of anilines is 1. The van der Waals surface area contributed by atoms with Gasteiger partial charge in [0.2, 0.25) is 0 Å². The van der Waals surface area contributed by atoms with E-state index >= 15 is 0 Å². The van der Waals surface area contributed by atoms with Crippen molar-refractivity contribution < 1.29 is 13.9 Å². The highest BCUT2D eigenvalue weighted by molar-refractivity contribution is 5.89. The molecule has 25 heavy (non-hydrogen) atoms. The average Bonchev–Trinajstić information content (AvgIpc) is 2.53. The lowest BCUT2D eigenvalue weighted by Gasteiger charge is -2.34. The van der Waals surface area contributed by atoms with E-state index in [-0.39, 0.29) is 18.0 Å². The van der Waals surface area contributed by atoms with E-state index in [0.717, 1.165) is 37.3 Å². The lowest BCUT2D eigenvalue weighted by Crippen LogP contribution is -2.46. The largest absolute Gasteiger partial charge is 0.444 e. The molecule has 0 aliphatic carbocycles. The summed E-state index contributed by atoms with van der Waals surface area (Å²) in [6.45, 7) is 6.98. The fraction of sp³-hybridized carbons (Fsp3) is 0.500. The van der Waals surface area contributed by atoms with E-state index in [9.17, 15) is 9.18 Å². The summed E-state index contributed by atoms with van der Waals surface area (Å²) in [5.41, 5.74) is 0.217. The van der Waals surface area contributed by atoms with E-state index < -0.39 is 5.60 Å². The van der Waals surface area contributed by atoms with Gasteiger partial charge in [-0.1, -0.05) is 0 Å². The molecular weight excluding hydrogens is 323 g/mol. The van der Waals surface area contributed by atoms with Crippen molar-refractivity contribution in [2.45, 2.75) is 45.3 Å². The molecular formula is C18H23FN4O2. The van der Waals surface area contributed by atoms with Gasteiger partial charge in [0.1, 0.15) is 23.6 Å². The monoisotopic (exact) mass is 346 g/mol. The summed E-state index contributed by atoms with van der Waals surface area (Å²) >= 11 is 0. The number of hydrogen-bond acceptors (Lipinski definition) is 5. The number of aromatic nitrogens is 2. The first-order chi connectivity index (χ1) is 11.8. The van der Waals surface area contributed by atoms with Gasteiger partial charge in [-0.15, -0.1) is 0 Å². The summed E-state index contributed by atoms with van der Waals surface area (Å²) in [5.74, 6) is 0.435. The lowest BCUT2D eigenvalue weighted by molar-refractivity contribution is 0.0497. The molecule has 1 N–H and O–H groups in total. The predicted octanol–water partition coefficient (Wildman–Crippen LogP) is 3.26. The first kappa shape index (κ1) is 17.4. The SMILES string of the molecule is CC(C)(C)OC(=O)NC1CCN(c2ncnc3ccc(F)cc23)CC1. The van der Waals surface area contributed by atoms with Crippen LogP contribution in [0.25, 0.3) is 10.9 Å². The second-order valence-electron chi connectivity index (χ2n) is 7.27. The molecule has 3 rings (SSSR count). The molecule has 1 aliphatic rings. The molecule has 1 aromatic carbocycles. The van der Waals surface area contributed by atoms with E-state index in [4.69, 9.17) is 4.74 Å². The zero-order valence-electron chi connectivity index (χ0n) is 14.8. The van der Waals surface area contributed by atoms with Crippen LogP contribution in [-0.4, -0.2) is 40.8 Å². The van der Waals surface area contributed by atoms with E-state index in [2.05, 4.69) is 20.2 Å². The first-order valence-electron chi connectivity index (χ1n) is 8.46. The van der Waals surface area contributed by atoms with Crippen LogP contribution in [0.3, 0.4) is 0 Å². The van der Waals surface area contributed by atoms with Crippen molar-refractivity contribution in [1.82, 2.24) is 15.3 Å². The Bertz CT molecular complexity index is 767. The molecule has 134 valence electrons. The number of alkyl carbamates (subject to hydrolysis) is 1. The third kappa shape index (κ3) is 4.35. The van der Waals surface area contributed by atoms with Gasteiger partial charge in [-0.2, -0.15) is 0 Å². The van der Waals surface area contributed by atoms with Crippen LogP contribution in [0.2, 0.25) is 0 Å². The summed E-state index contributed by atoms with van der Waals surface area (Å²) in [4.78, 5) is 22.5. The Balaban J connectivity index is 1.65. The molecule has 6 nitrogen and oxygen atoms in total. The Morgan fingerprint density at radius 1 is 1.28 bits per heavy atom. The van der Waals surface area contributed by atoms with Gasteiger partial charge in [0, 0.05) is 24.5 Å². The molecule has 2 heterocycles. The van der Waals surface area contributed by atoms with Crippen LogP contribution in [0.5, 0.6) is 0 Å². The minimum Gasteiger partial charge on any atom is -0.444 e. The fourth-order valence-electron chi connectivity index (χ4n) is 2.98. The van der Waals surface area contributed by atoms with Gasteiger partial charge < -0.3 is 15.0 Å². The van der Waals surface area contributed by atoms with Gasteiger partial charge in [0.25, 0.3) is 0 Å². The second kappa shape index (κ2) is 6.82. The van der Waals surface area contributed by atoms with Gasteiger partial charge in [-0.3, -0.25) is 0 Å². The van der Waals surface area contributed by atoms with Crippen LogP contribution < -0.4 is 10.2 Å². The molecule has 0 atom stereocenters. The minimum absolute atomic E-state index is 0.0657. The van der Waals surface area contributed by atoms with Crippen molar-refractivity contribution in [3.05, 3.63) is 30.3 Å². The summed E-state index contributed by atoms with van der Waals surface area (Å²) in [7, 11) is 0. The number of fused-ring (bicyclic) bond motifs is 1. The number of carbonyl (C=O) groups excluding carboxylic acids is 1. The standard InChI is InChI=1S/C18H23FN4O2/c1-18(2,3)25-17(24)22-13-6-8-23(9-7-13)16-14-10-12(19)4-5-15(14)20-11-21-16/h4-5,10-11,13H,6-9H2,1-3H3,(H,22,24). The molecule has 1 aromatic heterocycles. The highest BCUT2D eigenvalue weighted by Gasteiger charge is 2.25. The second-order valence-corrected chi connectivity index (χ2v) is 7.27. The number of halogens is 1. The van der Waals surface area contributed by atoms with Crippen molar-refractivity contribution in [3.8, 4) is 0 Å². The Kier molecular flexibility index (Phi) is 4.74. The lowest BCUT2D eigenvalue weighted by atomic mass is 10.0. The number of piperidine rings is 1. The summed E-state index contributed by atoms with van der Waals surface area (Å²) in [6, 6.07) is 4.59. The number of hydrogen-bond donors (Lipinski definition) is 1. The molecule has 1 saturated heterocycles. The Morgan fingerprint density at radius 2 is 2.00 bits per heavy atom. The zero-order chi connectivity index (χ0) is 18.0. The summed E-state index contributed by atoms with van der Waals surface area (Å²) < 4.78 is 18.9. The maximum absolute atomic E-state index is 13.6. The van der Waals surface area contributed by atoms with Crippen molar-refractivity contribution >= 4 is 22.8 Å². The van der Waals surface area contributed by atoms with Crippen LogP contribution >= 0.6 is 0 Å². The molecule has 2 aromatic rings. The Hall–Kier alpha value is -2.44. The van der Waals surface area contributed by atoms with Gasteiger partial charge in [-0.25, -0.2) is 19.2 Å². The van der Waals surface area contributed by atoms with Gasteiger partial charge >= 0.3 is 6.09 Å². The maximum Gasteiger partial charge on any atom is 0.407 e. The van der Waals surface area contributed by atoms with Crippen LogP contribution in [0, 0.1) is 5.82 Å². The Morgan fingerprint density at radius 3 is 2.68 bits per heavy atom. The molecule has 1 amide bonds. The topological polar surface area (TPSA) is 67.3 Å². The fourth-order valence-corrected chi connectivity index (χ4v) is 2.98. The van der Waals surface area contributed by atoms with E-state index in [1.54, 1.807) is 6.07 Å². The molecule has 7 heteroatoms. The van der Waals surface area contributed by atoms with Crippen molar-refractivity contribution in [2.75, 3.05) is 18.0 Å².